The lowest BCUT2D eigenvalue weighted by molar-refractivity contribution is 0.591. The third-order valence-corrected chi connectivity index (χ3v) is 28.5. The summed E-state index contributed by atoms with van der Waals surface area (Å²) in [5.41, 5.74) is 34.3. The number of nitriles is 3. The van der Waals surface area contributed by atoms with Crippen LogP contribution in [-0.4, -0.2) is 23.3 Å². The van der Waals surface area contributed by atoms with Gasteiger partial charge in [0.1, 0.15) is 11.2 Å². The standard InChI is InChI=1S/C45H35N3.C43H25N5.C42H29N3O/c1-44(2,3)33-18-21-42-37(26-33)36-23-29(28-12-8-7-9-13-28)17-20-41(36)48(42)43-32(27-46)22-31(25-40(43)47-6)30-16-19-35-34-14-10-11-15-38(34)45(4,5)39(35)24-30;1-45-41-42(48-39-20-18-31(29-13-7-3-8-14-29)24-35(39)37-27-46-22-21-40(37)48)32(26-44)25-36-34-23-30(28-11-5-2-6-12-28)17-19-38(34)47(43(36)41)33-15-9-4-10-16-33;1-42(2,3)31-16-19-38-35(24-31)34-21-27(26-10-6-5-7-11-26)15-18-37(34)45(38)41-30(25-43)20-29(22-36(41)44-4)28-14-17-33-32-12-8-9-13-39(32)46-40(33)23-28/h7-26H,1-5H3;2-25,27H;5-24H,1-3H3. The molecule has 0 aliphatic heterocycles. The molecule has 12 nitrogen and oxygen atoms in total. The lowest BCUT2D eigenvalue weighted by atomic mass is 9.81. The number of furan rings is 1. The number of rotatable bonds is 10. The van der Waals surface area contributed by atoms with Gasteiger partial charge in [0.05, 0.1) is 116 Å². The molecule has 24 aromatic rings. The largest absolute Gasteiger partial charge is 0.456 e. The molecule has 1 aliphatic carbocycles. The van der Waals surface area contributed by atoms with Gasteiger partial charge in [-0.15, -0.1) is 0 Å². The maximum Gasteiger partial charge on any atom is 0.235 e. The summed E-state index contributed by atoms with van der Waals surface area (Å²) in [4.78, 5) is 16.8. The smallest absolute Gasteiger partial charge is 0.235 e. The zero-order chi connectivity index (χ0) is 97.1. The Bertz CT molecular complexity index is 9580. The Kier molecular flexibility index (Phi) is 21.1. The van der Waals surface area contributed by atoms with Gasteiger partial charge in [0, 0.05) is 72.0 Å². The number of para-hydroxylation sites is 2. The zero-order valence-electron chi connectivity index (χ0n) is 79.4. The second kappa shape index (κ2) is 34.4. The summed E-state index contributed by atoms with van der Waals surface area (Å²) in [6.07, 6.45) is 3.64. The Labute approximate surface area is 822 Å². The van der Waals surface area contributed by atoms with Crippen LogP contribution in [0.15, 0.2) is 399 Å². The van der Waals surface area contributed by atoms with Crippen molar-refractivity contribution >= 4 is 126 Å². The highest BCUT2D eigenvalue weighted by Gasteiger charge is 2.37. The Morgan fingerprint density at radius 3 is 1.14 bits per heavy atom. The van der Waals surface area contributed by atoms with Crippen molar-refractivity contribution in [2.45, 2.75) is 71.6 Å². The summed E-state index contributed by atoms with van der Waals surface area (Å²) in [6, 6.07) is 139. The van der Waals surface area contributed by atoms with Crippen LogP contribution < -0.4 is 0 Å². The third kappa shape index (κ3) is 14.6. The predicted molar refractivity (Wildman–Crippen MR) is 582 cm³/mol. The monoisotopic (exact) mass is 1820 g/mol. The van der Waals surface area contributed by atoms with E-state index in [1.807, 2.05) is 140 Å². The van der Waals surface area contributed by atoms with Crippen LogP contribution in [0, 0.1) is 53.7 Å². The second-order valence-electron chi connectivity index (χ2n) is 39.1. The molecular weight excluding hydrogens is 1730 g/mol. The molecule has 0 amide bonds. The van der Waals surface area contributed by atoms with Gasteiger partial charge in [-0.3, -0.25) is 4.98 Å². The molecule has 6 aromatic heterocycles. The fraction of sp³-hybridized carbons (Fsp3) is 0.0846. The zero-order valence-corrected chi connectivity index (χ0v) is 79.4. The molecule has 142 heavy (non-hydrogen) atoms. The van der Waals surface area contributed by atoms with Crippen molar-refractivity contribution < 1.29 is 4.42 Å². The van der Waals surface area contributed by atoms with Crippen LogP contribution in [0.3, 0.4) is 0 Å². The average molecular weight is 1820 g/mol. The highest BCUT2D eigenvalue weighted by atomic mass is 16.3. The maximum absolute atomic E-state index is 10.8. The Balaban J connectivity index is 0.000000118. The Morgan fingerprint density at radius 1 is 0.289 bits per heavy atom. The summed E-state index contributed by atoms with van der Waals surface area (Å²) >= 11 is 0. The molecule has 0 saturated heterocycles. The predicted octanol–water partition coefficient (Wildman–Crippen LogP) is 34.9. The summed E-state index contributed by atoms with van der Waals surface area (Å²) in [6.45, 7) is 43.2. The molecular formula is C130H89N11O. The number of nitrogens with zero attached hydrogens (tertiary/aromatic N) is 11. The molecule has 25 rings (SSSR count). The minimum atomic E-state index is -0.143. The number of aromatic nitrogens is 5. The van der Waals surface area contributed by atoms with Gasteiger partial charge < -0.3 is 22.7 Å². The van der Waals surface area contributed by atoms with Gasteiger partial charge in [-0.1, -0.05) is 292 Å². The Morgan fingerprint density at radius 2 is 0.662 bits per heavy atom. The van der Waals surface area contributed by atoms with Crippen molar-refractivity contribution in [2.75, 3.05) is 0 Å². The van der Waals surface area contributed by atoms with Crippen LogP contribution in [0.2, 0.25) is 0 Å². The number of benzene rings is 18. The third-order valence-electron chi connectivity index (χ3n) is 28.5. The summed E-state index contributed by atoms with van der Waals surface area (Å²) in [5, 5.41) is 42.4. The van der Waals surface area contributed by atoms with Gasteiger partial charge in [0.2, 0.25) is 17.1 Å². The second-order valence-corrected chi connectivity index (χ2v) is 39.1. The Hall–Kier alpha value is -19.0. The van der Waals surface area contributed by atoms with Gasteiger partial charge in [0.25, 0.3) is 0 Å². The van der Waals surface area contributed by atoms with Gasteiger partial charge >= 0.3 is 0 Å². The van der Waals surface area contributed by atoms with Crippen LogP contribution in [0.5, 0.6) is 0 Å². The first-order valence-electron chi connectivity index (χ1n) is 47.5. The van der Waals surface area contributed by atoms with Crippen LogP contribution in [0.1, 0.15) is 94.3 Å². The maximum atomic E-state index is 10.8. The number of fused-ring (bicyclic) bond motifs is 18. The molecule has 0 bridgehead atoms. The molecule has 6 heterocycles. The number of pyridine rings is 1. The molecule has 0 fully saturated rings. The minimum absolute atomic E-state index is 0.0351. The number of hydrogen-bond donors (Lipinski definition) is 0. The van der Waals surface area contributed by atoms with E-state index < -0.39 is 0 Å². The van der Waals surface area contributed by atoms with E-state index in [-0.39, 0.29) is 16.2 Å². The van der Waals surface area contributed by atoms with Crippen molar-refractivity contribution in [1.82, 2.24) is 23.3 Å². The number of hydrogen-bond acceptors (Lipinski definition) is 5. The molecule has 18 aromatic carbocycles. The van der Waals surface area contributed by atoms with Gasteiger partial charge in [-0.05, 0) is 262 Å². The lowest BCUT2D eigenvalue weighted by Gasteiger charge is -2.22. The topological polar surface area (TPSA) is 130 Å². The molecule has 12 heteroatoms. The van der Waals surface area contributed by atoms with E-state index in [1.54, 1.807) is 6.20 Å². The van der Waals surface area contributed by atoms with E-state index in [9.17, 15) is 15.8 Å². The molecule has 0 saturated carbocycles. The van der Waals surface area contributed by atoms with E-state index in [1.165, 1.54) is 33.4 Å². The van der Waals surface area contributed by atoms with Crippen molar-refractivity contribution in [1.29, 1.82) is 15.8 Å². The van der Waals surface area contributed by atoms with E-state index >= 15 is 0 Å². The SMILES string of the molecule is [C-]#[N+]c1c(-n2c3ccncc3c3cc(-c4ccccc4)ccc32)c(C#N)cc2c3cc(-c4ccccc4)ccc3n(-c3ccccc3)c12.[C-]#[N+]c1cc(-c2ccc3c(c2)C(C)(C)c2ccccc2-3)cc(C#N)c1-n1c2ccc(-c3ccccc3)cc2c2cc(C(C)(C)C)ccc21.[C-]#[N+]c1cc(-c2ccc3c(c2)oc2ccccc23)cc(C#N)c1-n1c2ccc(-c3ccccc3)cc2c2cc(C(C)(C)C)ccc21. The summed E-state index contributed by atoms with van der Waals surface area (Å²) < 4.78 is 14.6. The van der Waals surface area contributed by atoms with E-state index in [0.717, 1.165) is 182 Å². The summed E-state index contributed by atoms with van der Waals surface area (Å²) in [5.74, 6) is 0. The molecule has 1 aliphatic rings. The fourth-order valence-electron chi connectivity index (χ4n) is 21.4. The molecule has 0 unspecified atom stereocenters. The lowest BCUT2D eigenvalue weighted by Crippen LogP contribution is -2.14. The highest BCUT2D eigenvalue weighted by Crippen LogP contribution is 2.53. The van der Waals surface area contributed by atoms with Crippen LogP contribution in [0.25, 0.3) is 224 Å². The van der Waals surface area contributed by atoms with Crippen molar-refractivity contribution in [2.24, 2.45) is 0 Å². The first-order chi connectivity index (χ1) is 69.2. The minimum Gasteiger partial charge on any atom is -0.456 e. The van der Waals surface area contributed by atoms with Gasteiger partial charge in [-0.2, -0.15) is 15.8 Å². The quantitative estimate of drug-likeness (QED) is 0.126. The highest BCUT2D eigenvalue weighted by molar-refractivity contribution is 6.20. The van der Waals surface area contributed by atoms with Crippen molar-refractivity contribution in [3.05, 3.63) is 468 Å². The normalized spacial score (nSPS) is 12.1. The average Bonchev–Trinajstić information content (AvgIpc) is 1.53. The first-order valence-corrected chi connectivity index (χ1v) is 47.5. The van der Waals surface area contributed by atoms with Crippen LogP contribution in [0.4, 0.5) is 17.1 Å². The molecule has 670 valence electrons. The van der Waals surface area contributed by atoms with E-state index in [2.05, 4.69) is 360 Å². The van der Waals surface area contributed by atoms with Crippen LogP contribution >= 0.6 is 0 Å². The van der Waals surface area contributed by atoms with Crippen molar-refractivity contribution in [3.8, 4) is 119 Å². The van der Waals surface area contributed by atoms with E-state index in [0.29, 0.717) is 50.8 Å². The van der Waals surface area contributed by atoms with Crippen LogP contribution in [-0.2, 0) is 16.2 Å². The molecule has 0 spiro atoms. The van der Waals surface area contributed by atoms with Gasteiger partial charge in [-0.25, -0.2) is 14.5 Å². The molecule has 0 N–H and O–H groups in total. The molecule has 0 radical (unpaired) electrons. The van der Waals surface area contributed by atoms with E-state index in [4.69, 9.17) is 24.1 Å². The molecule has 0 atom stereocenters. The first kappa shape index (κ1) is 87.1. The summed E-state index contributed by atoms with van der Waals surface area (Å²) in [7, 11) is 0. The fourth-order valence-corrected chi connectivity index (χ4v) is 21.4. The van der Waals surface area contributed by atoms with Crippen molar-refractivity contribution in [3.63, 3.8) is 0 Å². The van der Waals surface area contributed by atoms with Gasteiger partial charge in [0.15, 0.2) is 0 Å².